The van der Waals surface area contributed by atoms with Crippen molar-refractivity contribution in [1.82, 2.24) is 5.32 Å². The van der Waals surface area contributed by atoms with Crippen molar-refractivity contribution < 1.29 is 4.74 Å². The SMILES string of the molecule is CCC1COCCN1c1ccc(C)cc1CNCC(C)C. The summed E-state index contributed by atoms with van der Waals surface area (Å²) >= 11 is 0. The van der Waals surface area contributed by atoms with E-state index in [9.17, 15) is 0 Å². The second-order valence-electron chi connectivity index (χ2n) is 6.49. The van der Waals surface area contributed by atoms with E-state index in [-0.39, 0.29) is 0 Å². The van der Waals surface area contributed by atoms with Crippen molar-refractivity contribution in [2.45, 2.75) is 46.7 Å². The maximum atomic E-state index is 5.64. The molecule has 1 heterocycles. The second-order valence-corrected chi connectivity index (χ2v) is 6.49. The maximum absolute atomic E-state index is 5.64. The number of ether oxygens (including phenoxy) is 1. The quantitative estimate of drug-likeness (QED) is 0.869. The fourth-order valence-electron chi connectivity index (χ4n) is 2.94. The van der Waals surface area contributed by atoms with E-state index in [1.807, 2.05) is 0 Å². The van der Waals surface area contributed by atoms with Gasteiger partial charge in [-0.05, 0) is 37.4 Å². The topological polar surface area (TPSA) is 24.5 Å². The molecule has 1 aliphatic rings. The molecule has 3 nitrogen and oxygen atoms in total. The van der Waals surface area contributed by atoms with Crippen molar-refractivity contribution in [2.75, 3.05) is 31.2 Å². The molecule has 1 atom stereocenters. The molecule has 1 saturated heterocycles. The molecule has 21 heavy (non-hydrogen) atoms. The van der Waals surface area contributed by atoms with Gasteiger partial charge in [-0.3, -0.25) is 0 Å². The van der Waals surface area contributed by atoms with Gasteiger partial charge in [0.15, 0.2) is 0 Å². The number of anilines is 1. The summed E-state index contributed by atoms with van der Waals surface area (Å²) in [6.45, 7) is 13.6. The molecular formula is C18H30N2O. The van der Waals surface area contributed by atoms with E-state index < -0.39 is 0 Å². The van der Waals surface area contributed by atoms with Gasteiger partial charge < -0.3 is 15.0 Å². The Kier molecular flexibility index (Phi) is 6.07. The van der Waals surface area contributed by atoms with E-state index in [1.165, 1.54) is 16.8 Å². The number of nitrogens with one attached hydrogen (secondary N) is 1. The van der Waals surface area contributed by atoms with Crippen molar-refractivity contribution in [3.05, 3.63) is 29.3 Å². The smallest absolute Gasteiger partial charge is 0.0670 e. The number of hydrogen-bond acceptors (Lipinski definition) is 3. The lowest BCUT2D eigenvalue weighted by molar-refractivity contribution is 0.0929. The molecule has 0 amide bonds. The Morgan fingerprint density at radius 3 is 2.90 bits per heavy atom. The molecule has 2 rings (SSSR count). The lowest BCUT2D eigenvalue weighted by atomic mass is 10.0. The first-order valence-electron chi connectivity index (χ1n) is 8.26. The molecule has 1 aromatic carbocycles. The summed E-state index contributed by atoms with van der Waals surface area (Å²) in [5.41, 5.74) is 4.13. The summed E-state index contributed by atoms with van der Waals surface area (Å²) in [6, 6.07) is 7.34. The van der Waals surface area contributed by atoms with Gasteiger partial charge in [-0.2, -0.15) is 0 Å². The molecule has 0 radical (unpaired) electrons. The Balaban J connectivity index is 2.16. The molecule has 3 heteroatoms. The van der Waals surface area contributed by atoms with E-state index in [0.717, 1.165) is 39.3 Å². The van der Waals surface area contributed by atoms with Crippen LogP contribution in [0.4, 0.5) is 5.69 Å². The number of hydrogen-bond donors (Lipinski definition) is 1. The Bertz CT molecular complexity index is 445. The highest BCUT2D eigenvalue weighted by molar-refractivity contribution is 5.56. The number of aryl methyl sites for hydroxylation is 1. The van der Waals surface area contributed by atoms with E-state index in [2.05, 4.69) is 56.1 Å². The van der Waals surface area contributed by atoms with Gasteiger partial charge in [0.1, 0.15) is 0 Å². The highest BCUT2D eigenvalue weighted by Gasteiger charge is 2.23. The number of nitrogens with zero attached hydrogens (tertiary/aromatic N) is 1. The molecule has 1 aromatic rings. The Hall–Kier alpha value is -1.06. The number of benzene rings is 1. The first-order chi connectivity index (χ1) is 10.1. The first kappa shape index (κ1) is 16.3. The minimum Gasteiger partial charge on any atom is -0.377 e. The zero-order chi connectivity index (χ0) is 15.2. The van der Waals surface area contributed by atoms with Crippen LogP contribution in [0.1, 0.15) is 38.3 Å². The van der Waals surface area contributed by atoms with E-state index in [4.69, 9.17) is 4.74 Å². The van der Waals surface area contributed by atoms with Gasteiger partial charge in [0, 0.05) is 18.8 Å². The maximum Gasteiger partial charge on any atom is 0.0670 e. The third kappa shape index (κ3) is 4.45. The van der Waals surface area contributed by atoms with E-state index >= 15 is 0 Å². The number of morpholine rings is 1. The van der Waals surface area contributed by atoms with Gasteiger partial charge in [0.25, 0.3) is 0 Å². The first-order valence-corrected chi connectivity index (χ1v) is 8.26. The van der Waals surface area contributed by atoms with Crippen molar-refractivity contribution in [3.8, 4) is 0 Å². The average molecular weight is 290 g/mol. The third-order valence-electron chi connectivity index (χ3n) is 4.11. The van der Waals surface area contributed by atoms with Crippen LogP contribution in [0, 0.1) is 12.8 Å². The fraction of sp³-hybridized carbons (Fsp3) is 0.667. The molecule has 1 N–H and O–H groups in total. The van der Waals surface area contributed by atoms with Gasteiger partial charge in [0.2, 0.25) is 0 Å². The average Bonchev–Trinajstić information content (AvgIpc) is 2.47. The van der Waals surface area contributed by atoms with Crippen LogP contribution in [-0.4, -0.2) is 32.3 Å². The normalized spacial score (nSPS) is 19.3. The molecule has 0 aromatic heterocycles. The summed E-state index contributed by atoms with van der Waals surface area (Å²) in [7, 11) is 0. The van der Waals surface area contributed by atoms with Gasteiger partial charge in [-0.25, -0.2) is 0 Å². The molecule has 1 fully saturated rings. The van der Waals surface area contributed by atoms with Gasteiger partial charge in [0.05, 0.1) is 19.3 Å². The lowest BCUT2D eigenvalue weighted by Gasteiger charge is -2.38. The van der Waals surface area contributed by atoms with Crippen LogP contribution >= 0.6 is 0 Å². The van der Waals surface area contributed by atoms with E-state index in [1.54, 1.807) is 0 Å². The molecule has 118 valence electrons. The minimum atomic E-state index is 0.505. The Labute approximate surface area is 129 Å². The van der Waals surface area contributed by atoms with Crippen molar-refractivity contribution in [1.29, 1.82) is 0 Å². The van der Waals surface area contributed by atoms with Gasteiger partial charge >= 0.3 is 0 Å². The van der Waals surface area contributed by atoms with Crippen molar-refractivity contribution in [2.24, 2.45) is 5.92 Å². The molecule has 1 aliphatic heterocycles. The molecule has 0 saturated carbocycles. The number of rotatable bonds is 6. The van der Waals surface area contributed by atoms with Crippen molar-refractivity contribution >= 4 is 5.69 Å². The summed E-state index contributed by atoms with van der Waals surface area (Å²) in [5, 5.41) is 3.58. The Morgan fingerprint density at radius 1 is 1.38 bits per heavy atom. The largest absolute Gasteiger partial charge is 0.377 e. The Morgan fingerprint density at radius 2 is 2.19 bits per heavy atom. The molecule has 1 unspecified atom stereocenters. The second kappa shape index (κ2) is 7.81. The molecule has 0 bridgehead atoms. The predicted octanol–water partition coefficient (Wildman–Crippen LogP) is 3.36. The molecule has 0 aliphatic carbocycles. The third-order valence-corrected chi connectivity index (χ3v) is 4.11. The lowest BCUT2D eigenvalue weighted by Crippen LogP contribution is -2.45. The zero-order valence-corrected chi connectivity index (χ0v) is 14.0. The monoisotopic (exact) mass is 290 g/mol. The molecule has 0 spiro atoms. The van der Waals surface area contributed by atoms with Crippen LogP contribution in [0.25, 0.3) is 0 Å². The summed E-state index contributed by atoms with van der Waals surface area (Å²) < 4.78 is 5.64. The minimum absolute atomic E-state index is 0.505. The zero-order valence-electron chi connectivity index (χ0n) is 14.0. The summed E-state index contributed by atoms with van der Waals surface area (Å²) in [5.74, 6) is 0.685. The van der Waals surface area contributed by atoms with Crippen LogP contribution in [-0.2, 0) is 11.3 Å². The predicted molar refractivity (Wildman–Crippen MR) is 90.0 cm³/mol. The van der Waals surface area contributed by atoms with Crippen LogP contribution in [0.5, 0.6) is 0 Å². The standard InChI is InChI=1S/C18H30N2O/c1-5-17-13-21-9-8-20(17)18-7-6-15(4)10-16(18)12-19-11-14(2)3/h6-7,10,14,17,19H,5,8-9,11-13H2,1-4H3. The highest BCUT2D eigenvalue weighted by atomic mass is 16.5. The van der Waals surface area contributed by atoms with E-state index in [0.29, 0.717) is 12.0 Å². The van der Waals surface area contributed by atoms with Crippen LogP contribution in [0.3, 0.4) is 0 Å². The summed E-state index contributed by atoms with van der Waals surface area (Å²) in [6.07, 6.45) is 1.13. The van der Waals surface area contributed by atoms with Gasteiger partial charge in [-0.15, -0.1) is 0 Å². The highest BCUT2D eigenvalue weighted by Crippen LogP contribution is 2.26. The van der Waals surface area contributed by atoms with Crippen LogP contribution in [0.2, 0.25) is 0 Å². The van der Waals surface area contributed by atoms with Crippen molar-refractivity contribution in [3.63, 3.8) is 0 Å². The van der Waals surface area contributed by atoms with Crippen LogP contribution < -0.4 is 10.2 Å². The fourth-order valence-corrected chi connectivity index (χ4v) is 2.94. The summed E-state index contributed by atoms with van der Waals surface area (Å²) in [4.78, 5) is 2.54. The molecular weight excluding hydrogens is 260 g/mol. The van der Waals surface area contributed by atoms with Gasteiger partial charge in [-0.1, -0.05) is 38.5 Å². The van der Waals surface area contributed by atoms with Crippen LogP contribution in [0.15, 0.2) is 18.2 Å².